The number of phenols is 2. The summed E-state index contributed by atoms with van der Waals surface area (Å²) < 4.78 is 0. The molecule has 306 valence electrons. The molecule has 5 rings (SSSR count). The number of urea groups is 2. The van der Waals surface area contributed by atoms with Gasteiger partial charge in [-0.2, -0.15) is 0 Å². The monoisotopic (exact) mass is 853 g/mol. The second-order valence-electron chi connectivity index (χ2n) is 13.3. The van der Waals surface area contributed by atoms with E-state index in [2.05, 4.69) is 26.2 Å². The number of thioether (sulfide) groups is 1. The predicted molar refractivity (Wildman–Crippen MR) is 199 cm³/mol. The van der Waals surface area contributed by atoms with Gasteiger partial charge in [0.15, 0.2) is 33.9 Å². The van der Waals surface area contributed by atoms with E-state index in [4.69, 9.17) is 22.2 Å². The van der Waals surface area contributed by atoms with E-state index in [1.54, 1.807) is 0 Å². The summed E-state index contributed by atoms with van der Waals surface area (Å²) in [7, 11) is 0. The van der Waals surface area contributed by atoms with Gasteiger partial charge in [-0.05, 0) is 32.4 Å². The largest absolute Gasteiger partial charge is 0.504 e. The summed E-state index contributed by atoms with van der Waals surface area (Å²) in [5.41, 5.74) is 5.66. The molecule has 0 spiro atoms. The van der Waals surface area contributed by atoms with E-state index in [9.17, 15) is 58.8 Å². The van der Waals surface area contributed by atoms with E-state index in [0.29, 0.717) is 0 Å². The Labute approximate surface area is 335 Å². The fourth-order valence-electron chi connectivity index (χ4n) is 5.80. The summed E-state index contributed by atoms with van der Waals surface area (Å²) in [6.07, 6.45) is -0.364. The molecule has 3 fully saturated rings. The first-order valence-corrected chi connectivity index (χ1v) is 19.0. The van der Waals surface area contributed by atoms with Gasteiger partial charge in [0.05, 0.1) is 41.5 Å². The molecule has 6 amide bonds. The maximum atomic E-state index is 13.5. The molecule has 3 aliphatic heterocycles. The van der Waals surface area contributed by atoms with Gasteiger partial charge in [0.2, 0.25) is 16.4 Å². The third-order valence-corrected chi connectivity index (χ3v) is 11.8. The molecule has 1 aromatic heterocycles. The zero-order chi connectivity index (χ0) is 42.0. The Bertz CT molecular complexity index is 2060. The Morgan fingerprint density at radius 1 is 1.12 bits per heavy atom. The molecule has 0 aliphatic carbocycles. The lowest BCUT2D eigenvalue weighted by atomic mass is 9.90. The number of halogens is 1. The number of carboxylic acid groups (broad SMARTS) is 2. The van der Waals surface area contributed by atoms with Gasteiger partial charge in [0.25, 0.3) is 5.91 Å². The molecule has 0 bridgehead atoms. The number of nitrogen functional groups attached to an aromatic ring is 1. The quantitative estimate of drug-likeness (QED) is 0.0351. The zero-order valence-corrected chi connectivity index (χ0v) is 32.4. The van der Waals surface area contributed by atoms with Crippen molar-refractivity contribution in [3.8, 4) is 11.5 Å². The van der Waals surface area contributed by atoms with Gasteiger partial charge in [-0.25, -0.2) is 34.6 Å². The number of oxime groups is 1. The Hall–Kier alpha value is -5.88. The number of β-lactam (4-membered cyclic amide) rings is 1. The van der Waals surface area contributed by atoms with Crippen LogP contribution in [-0.4, -0.2) is 142 Å². The van der Waals surface area contributed by atoms with E-state index >= 15 is 0 Å². The lowest BCUT2D eigenvalue weighted by Crippen LogP contribution is -2.60. The average Bonchev–Trinajstić information content (AvgIpc) is 3.86. The number of aliphatic carboxylic acids is 2. The van der Waals surface area contributed by atoms with Crippen LogP contribution in [0.25, 0.3) is 0 Å². The molecule has 3 aliphatic rings. The summed E-state index contributed by atoms with van der Waals surface area (Å²) in [6, 6.07) is 0.462. The molecule has 0 radical (unpaired) electrons. The van der Waals surface area contributed by atoms with E-state index in [0.717, 1.165) is 39.1 Å². The first kappa shape index (κ1) is 42.3. The van der Waals surface area contributed by atoms with Crippen LogP contribution in [0.5, 0.6) is 11.5 Å². The Morgan fingerprint density at radius 2 is 1.84 bits per heavy atom. The molecular weight excluding hydrogens is 818 g/mol. The van der Waals surface area contributed by atoms with Gasteiger partial charge in [-0.1, -0.05) is 28.5 Å². The number of hydrogen-bond donors (Lipinski definition) is 8. The molecule has 3 atom stereocenters. The van der Waals surface area contributed by atoms with E-state index in [-0.39, 0.29) is 53.9 Å². The minimum atomic E-state index is -1.99. The number of aromatic hydroxyl groups is 2. The number of thiazole rings is 1. The van der Waals surface area contributed by atoms with Crippen molar-refractivity contribution in [3.63, 3.8) is 0 Å². The number of amides is 6. The van der Waals surface area contributed by atoms with Crippen molar-refractivity contribution in [1.29, 1.82) is 0 Å². The lowest BCUT2D eigenvalue weighted by Gasteiger charge is -2.40. The number of phenolic OH excluding ortho intramolecular Hbond substituents is 2. The number of carbonyl (C=O) groups is 8. The summed E-state index contributed by atoms with van der Waals surface area (Å²) in [6.45, 7) is 1.26. The van der Waals surface area contributed by atoms with E-state index in [1.807, 2.05) is 0 Å². The molecule has 0 unspecified atom stereocenters. The lowest BCUT2D eigenvalue weighted by molar-refractivity contribution is -0.161. The number of carbonyl (C=O) groups excluding carboxylic acids is 6. The topological polar surface area (TPSA) is 324 Å². The molecule has 2 aromatic rings. The minimum Gasteiger partial charge on any atom is -0.504 e. The highest BCUT2D eigenvalue weighted by Gasteiger charge is 2.66. The predicted octanol–water partition coefficient (Wildman–Crippen LogP) is 0.376. The number of benzene rings is 1. The number of hydrazine groups is 1. The van der Waals surface area contributed by atoms with Crippen LogP contribution in [0.3, 0.4) is 0 Å². The summed E-state index contributed by atoms with van der Waals surface area (Å²) in [5, 5.41) is 48.6. The average molecular weight is 854 g/mol. The number of aromatic nitrogens is 1. The van der Waals surface area contributed by atoms with Crippen LogP contribution in [0.2, 0.25) is 5.02 Å². The number of nitrogens with two attached hydrogens (primary N) is 1. The molecule has 57 heavy (non-hydrogen) atoms. The molecule has 4 heterocycles. The SMILES string of the molecule is CC(C)(O/N=C(\C(=O)C[C@@H]1C(=O)N2C[C@@](C(=O)O)(N3CCN(NC(=O)NCC(=O)CCCNC(=O)c4ccc(O)c(O)c4Cl)C3=O)S[C@H]12)c1csc(N)n1)C(=O)O. The van der Waals surface area contributed by atoms with Crippen molar-refractivity contribution in [3.05, 3.63) is 33.8 Å². The first-order valence-electron chi connectivity index (χ1n) is 16.9. The fraction of sp³-hybridized carbons (Fsp3) is 0.438. The number of carboxylic acids is 2. The minimum absolute atomic E-state index is 0.0164. The van der Waals surface area contributed by atoms with Gasteiger partial charge in [0.1, 0.15) is 5.69 Å². The third-order valence-electron chi connectivity index (χ3n) is 8.99. The number of nitrogens with one attached hydrogen (secondary N) is 3. The maximum absolute atomic E-state index is 13.5. The standard InChI is InChI=1S/C32H36ClN9O13S2/c1-31(2,26(49)50)55-39-21(17-12-56-28(34)37-17)19(45)10-16-24(48)40-13-32(27(51)52,57-25(16)40)41-8-9-42(30(41)54)38-29(53)36-11-14(43)4-3-7-35-23(47)15-5-6-18(44)22(46)20(15)33/h5-6,12,16,25,44,46H,3-4,7-11,13H2,1-2H3,(H2,34,37)(H,35,47)(H,49,50)(H,51,52)(H2,36,38,53)/b39-21-/t16-,25-,32-/m1/s1. The van der Waals surface area contributed by atoms with Crippen LogP contribution in [-0.2, 0) is 28.8 Å². The number of anilines is 1. The van der Waals surface area contributed by atoms with Gasteiger partial charge >= 0.3 is 24.0 Å². The normalized spacial score (nSPS) is 20.5. The van der Waals surface area contributed by atoms with Crippen molar-refractivity contribution < 1.29 is 63.6 Å². The van der Waals surface area contributed by atoms with Crippen LogP contribution in [0.1, 0.15) is 49.2 Å². The Morgan fingerprint density at radius 3 is 2.49 bits per heavy atom. The second kappa shape index (κ2) is 16.7. The Kier molecular flexibility index (Phi) is 12.4. The molecule has 1 aromatic carbocycles. The van der Waals surface area contributed by atoms with Gasteiger partial charge < -0.3 is 46.5 Å². The van der Waals surface area contributed by atoms with Crippen molar-refractivity contribution in [2.24, 2.45) is 11.1 Å². The molecule has 25 heteroatoms. The second-order valence-corrected chi connectivity index (χ2v) is 16.0. The van der Waals surface area contributed by atoms with Gasteiger partial charge in [0, 0.05) is 31.3 Å². The highest BCUT2D eigenvalue weighted by Crippen LogP contribution is 2.53. The third kappa shape index (κ3) is 8.76. The number of nitrogens with zero attached hydrogens (tertiary/aromatic N) is 5. The summed E-state index contributed by atoms with van der Waals surface area (Å²) in [4.78, 5) is 111. The zero-order valence-electron chi connectivity index (χ0n) is 30.0. The van der Waals surface area contributed by atoms with Crippen molar-refractivity contribution >= 4 is 92.9 Å². The van der Waals surface area contributed by atoms with Crippen LogP contribution in [0.4, 0.5) is 14.7 Å². The first-order chi connectivity index (χ1) is 26.8. The number of ketones is 2. The molecular formula is C32H36ClN9O13S2. The van der Waals surface area contributed by atoms with Crippen molar-refractivity contribution in [2.75, 3.05) is 38.5 Å². The smallest absolute Gasteiger partial charge is 0.350 e. The fourth-order valence-corrected chi connectivity index (χ4v) is 8.28. The van der Waals surface area contributed by atoms with Crippen LogP contribution < -0.4 is 21.8 Å². The number of Topliss-reactive ketones (excluding diaryl/α,β-unsaturated/α-hetero) is 2. The summed E-state index contributed by atoms with van der Waals surface area (Å²) >= 11 is 7.63. The number of rotatable bonds is 17. The van der Waals surface area contributed by atoms with Crippen molar-refractivity contribution in [1.82, 2.24) is 35.9 Å². The van der Waals surface area contributed by atoms with Crippen LogP contribution >= 0.6 is 34.7 Å². The van der Waals surface area contributed by atoms with Crippen LogP contribution in [0, 0.1) is 5.92 Å². The van der Waals surface area contributed by atoms with E-state index < -0.39 is 106 Å². The van der Waals surface area contributed by atoms with Crippen LogP contribution in [0.15, 0.2) is 22.7 Å². The van der Waals surface area contributed by atoms with Crippen molar-refractivity contribution in [2.45, 2.75) is 49.0 Å². The molecule has 0 saturated carbocycles. The van der Waals surface area contributed by atoms with E-state index in [1.165, 1.54) is 30.2 Å². The van der Waals surface area contributed by atoms with Gasteiger partial charge in [-0.3, -0.25) is 24.1 Å². The van der Waals surface area contributed by atoms with Gasteiger partial charge in [-0.15, -0.1) is 11.3 Å². The summed E-state index contributed by atoms with van der Waals surface area (Å²) in [5.74, 6) is -7.41. The maximum Gasteiger partial charge on any atom is 0.350 e. The highest BCUT2D eigenvalue weighted by atomic mass is 35.5. The molecule has 22 nitrogen and oxygen atoms in total. The number of fused-ring (bicyclic) bond motifs is 1. The number of hydrogen-bond acceptors (Lipinski definition) is 16. The highest BCUT2D eigenvalue weighted by molar-refractivity contribution is 8.02. The molecule has 3 saturated heterocycles. The molecule has 9 N–H and O–H groups in total. The Balaban J connectivity index is 1.12.